The molecule has 550 valence electrons. The Labute approximate surface area is 613 Å². The van der Waals surface area contributed by atoms with Gasteiger partial charge in [-0.25, -0.2) is 0 Å². The number of hydrogen-bond acceptors (Lipinski definition) is 12. The van der Waals surface area contributed by atoms with Crippen LogP contribution in [-0.4, -0.2) is 93.8 Å². The first-order chi connectivity index (χ1) is 50.9. The van der Waals surface area contributed by atoms with E-state index in [-0.39, 0.29) is 49.3 Å². The van der Waals surface area contributed by atoms with Gasteiger partial charge in [0.2, 0.25) is 23.6 Å². The van der Waals surface area contributed by atoms with Gasteiger partial charge in [-0.15, -0.1) is 0 Å². The molecule has 0 spiro atoms. The summed E-state index contributed by atoms with van der Waals surface area (Å²) in [5.41, 5.74) is 8.36. The molecule has 0 saturated carbocycles. The van der Waals surface area contributed by atoms with E-state index in [2.05, 4.69) is 31.1 Å². The minimum Gasteiger partial charge on any atom is -0.489 e. The second kappa shape index (κ2) is 46.3. The fraction of sp³-hybridized carbons (Fsp3) is 0.372. The fourth-order valence-corrected chi connectivity index (χ4v) is 12.1. The largest absolute Gasteiger partial charge is 0.489 e. The van der Waals surface area contributed by atoms with Crippen LogP contribution >= 0.6 is 0 Å². The predicted octanol–water partition coefficient (Wildman–Crippen LogP) is 15.1. The van der Waals surface area contributed by atoms with Gasteiger partial charge in [-0.05, 0) is 144 Å². The van der Waals surface area contributed by atoms with Crippen LogP contribution in [0.2, 0.25) is 0 Å². The third-order valence-electron chi connectivity index (χ3n) is 18.0. The van der Waals surface area contributed by atoms with Gasteiger partial charge in [0.05, 0.1) is 24.9 Å². The number of nitrogens with one attached hydrogen (secondary N) is 4. The van der Waals surface area contributed by atoms with Gasteiger partial charge >= 0.3 is 11.9 Å². The average molecular weight is 1410 g/mol. The van der Waals surface area contributed by atoms with Gasteiger partial charge in [-0.3, -0.25) is 38.6 Å². The number of unbranched alkanes of at least 4 members (excludes halogenated alkanes) is 9. The summed E-state index contributed by atoms with van der Waals surface area (Å²) in [7, 11) is 0. The Morgan fingerprint density at radius 1 is 0.279 bits per heavy atom. The molecule has 0 bridgehead atoms. The quantitative estimate of drug-likeness (QED) is 0.0195. The lowest BCUT2D eigenvalue weighted by Gasteiger charge is -2.31. The normalized spacial score (nSPS) is 11.7. The number of carbonyl (C=O) groups excluding carboxylic acids is 4. The summed E-state index contributed by atoms with van der Waals surface area (Å²) in [6.45, 7) is 5.51. The topological polar surface area (TPSA) is 234 Å². The van der Waals surface area contributed by atoms with Crippen LogP contribution in [0.3, 0.4) is 0 Å². The molecule has 0 heterocycles. The molecule has 18 nitrogen and oxygen atoms in total. The highest BCUT2D eigenvalue weighted by molar-refractivity contribution is 5.83. The summed E-state index contributed by atoms with van der Waals surface area (Å²) in [4.78, 5) is 80.7. The van der Waals surface area contributed by atoms with Crippen molar-refractivity contribution in [2.75, 3.05) is 26.2 Å². The molecule has 8 rings (SSSR count). The van der Waals surface area contributed by atoms with Gasteiger partial charge in [0.15, 0.2) is 0 Å². The third kappa shape index (κ3) is 31.5. The van der Waals surface area contributed by atoms with Gasteiger partial charge in [0.25, 0.3) is 0 Å². The smallest absolute Gasteiger partial charge is 0.303 e. The molecule has 2 atom stereocenters. The monoisotopic (exact) mass is 1410 g/mol. The van der Waals surface area contributed by atoms with Gasteiger partial charge in [0, 0.05) is 65.2 Å². The maximum absolute atomic E-state index is 14.6. The summed E-state index contributed by atoms with van der Waals surface area (Å²) < 4.78 is 24.5. The lowest BCUT2D eigenvalue weighted by Crippen LogP contribution is -2.46. The highest BCUT2D eigenvalue weighted by Gasteiger charge is 2.28. The maximum Gasteiger partial charge on any atom is 0.303 e. The van der Waals surface area contributed by atoms with E-state index in [1.807, 2.05) is 218 Å². The highest BCUT2D eigenvalue weighted by Crippen LogP contribution is 2.26. The van der Waals surface area contributed by atoms with Crippen molar-refractivity contribution in [3.63, 3.8) is 0 Å². The number of amides is 4. The first-order valence-electron chi connectivity index (χ1n) is 36.9. The predicted molar refractivity (Wildman–Crippen MR) is 405 cm³/mol. The molecular weight excluding hydrogens is 1310 g/mol. The molecule has 4 amide bonds. The molecule has 6 N–H and O–H groups in total. The molecule has 104 heavy (non-hydrogen) atoms. The van der Waals surface area contributed by atoms with E-state index in [9.17, 15) is 28.8 Å². The molecule has 0 unspecified atom stereocenters. The number of aliphatic carboxylic acids is 2. The van der Waals surface area contributed by atoms with E-state index in [1.54, 1.807) is 0 Å². The zero-order chi connectivity index (χ0) is 73.0. The average Bonchev–Trinajstić information content (AvgIpc) is 0.847. The Kier molecular flexibility index (Phi) is 35.4. The van der Waals surface area contributed by atoms with E-state index in [1.165, 1.54) is 0 Å². The summed E-state index contributed by atoms with van der Waals surface area (Å²) in [6.07, 6.45) is 10.6. The van der Waals surface area contributed by atoms with Gasteiger partial charge in [-0.1, -0.05) is 208 Å². The van der Waals surface area contributed by atoms with Crippen molar-refractivity contribution in [3.05, 3.63) is 263 Å². The molecule has 0 aliphatic heterocycles. The van der Waals surface area contributed by atoms with Gasteiger partial charge in [0.1, 0.15) is 49.4 Å². The fourth-order valence-electron chi connectivity index (χ4n) is 12.1. The van der Waals surface area contributed by atoms with Crippen LogP contribution in [0.4, 0.5) is 0 Å². The number of hydrogen-bond donors (Lipinski definition) is 6. The minimum absolute atomic E-state index is 0.0601. The van der Waals surface area contributed by atoms with Crippen LogP contribution in [0.25, 0.3) is 0 Å². The van der Waals surface area contributed by atoms with Crippen molar-refractivity contribution >= 4 is 35.6 Å². The Hall–Kier alpha value is -10.3. The molecule has 0 aromatic heterocycles. The van der Waals surface area contributed by atoms with E-state index >= 15 is 0 Å². The van der Waals surface area contributed by atoms with Crippen molar-refractivity contribution in [3.8, 4) is 23.0 Å². The van der Waals surface area contributed by atoms with Crippen LogP contribution < -0.4 is 40.2 Å². The number of benzene rings is 8. The number of nitrogens with zero attached hydrogens (tertiary/aromatic N) is 2. The number of carboxylic acids is 2. The van der Waals surface area contributed by atoms with Crippen LogP contribution in [0.15, 0.2) is 218 Å². The Morgan fingerprint density at radius 3 is 0.779 bits per heavy atom. The molecule has 0 aliphatic rings. The lowest BCUT2D eigenvalue weighted by atomic mass is 10.0. The van der Waals surface area contributed by atoms with E-state index in [4.69, 9.17) is 29.2 Å². The minimum atomic E-state index is -1.02. The van der Waals surface area contributed by atoms with Gasteiger partial charge in [-0.2, -0.15) is 0 Å². The van der Waals surface area contributed by atoms with E-state index in [0.29, 0.717) is 117 Å². The van der Waals surface area contributed by atoms with Crippen molar-refractivity contribution in [2.45, 2.75) is 180 Å². The molecular formula is C86H104N6O12. The highest BCUT2D eigenvalue weighted by atomic mass is 16.5. The molecule has 8 aromatic carbocycles. The van der Waals surface area contributed by atoms with E-state index in [0.717, 1.165) is 119 Å². The Balaban J connectivity index is 0.844. The molecule has 0 aliphatic carbocycles. The molecule has 8 aromatic rings. The van der Waals surface area contributed by atoms with Gasteiger partial charge < -0.3 is 50.4 Å². The summed E-state index contributed by atoms with van der Waals surface area (Å²) >= 11 is 0. The van der Waals surface area contributed by atoms with Crippen molar-refractivity contribution in [1.82, 2.24) is 31.1 Å². The SMILES string of the molecule is O=C(O)CCC(=O)NCCCC[C@@H](C(=O)NCCCCCCCCCCNC(=O)[C@H](CCCCNC(=O)CCC(=O)O)N(Cc1ccc(OCc2ccccc2)cc1)Cc1ccc(OCc2ccccc2)cc1)N(Cc1ccc(OCc2ccccc2)cc1)Cc1ccc(OCc2ccccc2)cc1. The molecule has 0 saturated heterocycles. The van der Waals surface area contributed by atoms with Crippen LogP contribution in [0, 0.1) is 0 Å². The molecule has 0 radical (unpaired) electrons. The first-order valence-corrected chi connectivity index (χ1v) is 36.9. The van der Waals surface area contributed by atoms with E-state index < -0.39 is 24.0 Å². The van der Waals surface area contributed by atoms with Crippen molar-refractivity contribution < 1.29 is 57.9 Å². The maximum atomic E-state index is 14.6. The number of carbonyl (C=O) groups is 6. The Bertz CT molecular complexity index is 3330. The van der Waals surface area contributed by atoms with Crippen LogP contribution in [0.5, 0.6) is 23.0 Å². The second-order valence-electron chi connectivity index (χ2n) is 26.4. The molecule has 0 fully saturated rings. The number of rotatable bonds is 51. The van der Waals surface area contributed by atoms with Crippen molar-refractivity contribution in [2.24, 2.45) is 0 Å². The summed E-state index contributed by atoms with van der Waals surface area (Å²) in [6, 6.07) is 71.2. The second-order valence-corrected chi connectivity index (χ2v) is 26.4. The lowest BCUT2D eigenvalue weighted by molar-refractivity contribution is -0.139. The molecule has 18 heteroatoms. The number of ether oxygens (including phenoxy) is 4. The zero-order valence-electron chi connectivity index (χ0n) is 60.0. The third-order valence-corrected chi connectivity index (χ3v) is 18.0. The standard InChI is InChI=1S/C86H104N6O12/c93-81(51-53-83(95)96)87-55-23-19-33-79(91(59-67-35-43-75(44-36-67)101-63-71-25-11-7-12-26-71)60-68-37-45-76(46-38-68)102-64-72-27-13-8-14-28-72)85(99)89-57-21-5-3-1-2-4-6-22-58-90-86(100)80(34-20-24-56-88-82(94)52-54-84(97)98)92(61-69-39-47-77(48-40-69)103-65-73-29-15-9-16-30-73)62-70-41-49-78(50-42-70)104-66-74-31-17-10-18-32-74/h7-18,25-32,35-50,79-80H,1-6,19-24,33-34,51-66H2,(H,87,93)(H,88,94)(H,89,99)(H,90,100)(H,95,96)(H,97,98)/t79-,80-/m0/s1. The zero-order valence-corrected chi connectivity index (χ0v) is 60.0. The van der Waals surface area contributed by atoms with Crippen LogP contribution in [-0.2, 0) is 81.4 Å². The van der Waals surface area contributed by atoms with Crippen molar-refractivity contribution in [1.29, 1.82) is 0 Å². The summed E-state index contributed by atoms with van der Waals surface area (Å²) in [5, 5.41) is 30.5. The first kappa shape index (κ1) is 79.4. The number of carboxylic acid groups (broad SMARTS) is 2. The van der Waals surface area contributed by atoms with Crippen LogP contribution in [0.1, 0.15) is 160 Å². The Morgan fingerprint density at radius 2 is 0.519 bits per heavy atom. The summed E-state index contributed by atoms with van der Waals surface area (Å²) in [5.74, 6) is 0.199.